The number of carbonyl (C=O) groups is 1. The maximum atomic E-state index is 12.2. The van der Waals surface area contributed by atoms with Gasteiger partial charge in [0.2, 0.25) is 0 Å². The van der Waals surface area contributed by atoms with Crippen LogP contribution in [-0.2, 0) is 16.0 Å². The first kappa shape index (κ1) is 12.1. The molecule has 1 unspecified atom stereocenters. The number of ether oxygens (including phenoxy) is 1. The molecule has 1 aromatic carbocycles. The number of carbonyl (C=O) groups excluding carboxylic acids is 1. The molecule has 1 N–H and O–H groups in total. The summed E-state index contributed by atoms with van der Waals surface area (Å²) in [6.45, 7) is 2.54. The van der Waals surface area contributed by atoms with Gasteiger partial charge >= 0.3 is 0 Å². The molecule has 1 saturated heterocycles. The van der Waals surface area contributed by atoms with E-state index in [1.54, 1.807) is 18.2 Å². The van der Waals surface area contributed by atoms with Crippen LogP contribution in [0.25, 0.3) is 0 Å². The largest absolute Gasteiger partial charge is 0.508 e. The lowest BCUT2D eigenvalue weighted by Gasteiger charge is -2.32. The Morgan fingerprint density at radius 3 is 2.94 bits per heavy atom. The molecular weight excluding hydrogens is 216 g/mol. The number of phenolic OH excluding ortho intramolecular Hbond substituents is 1. The van der Waals surface area contributed by atoms with Crippen LogP contribution in [0.1, 0.15) is 31.7 Å². The van der Waals surface area contributed by atoms with Crippen molar-refractivity contribution in [3.8, 4) is 5.75 Å². The molecule has 0 aromatic heterocycles. The van der Waals surface area contributed by atoms with Gasteiger partial charge in [0, 0.05) is 13.0 Å². The number of benzene rings is 1. The topological polar surface area (TPSA) is 46.5 Å². The second-order valence-corrected chi connectivity index (χ2v) is 4.81. The summed E-state index contributed by atoms with van der Waals surface area (Å²) in [6, 6.07) is 6.84. The highest BCUT2D eigenvalue weighted by Crippen LogP contribution is 2.27. The molecule has 1 aliphatic rings. The molecule has 17 heavy (non-hydrogen) atoms. The zero-order chi connectivity index (χ0) is 12.3. The monoisotopic (exact) mass is 234 g/mol. The minimum Gasteiger partial charge on any atom is -0.508 e. The van der Waals surface area contributed by atoms with Crippen molar-refractivity contribution in [1.82, 2.24) is 0 Å². The predicted molar refractivity (Wildman–Crippen MR) is 65.0 cm³/mol. The van der Waals surface area contributed by atoms with Crippen molar-refractivity contribution in [3.63, 3.8) is 0 Å². The van der Waals surface area contributed by atoms with Gasteiger partial charge in [-0.25, -0.2) is 0 Å². The molecule has 3 nitrogen and oxygen atoms in total. The molecule has 1 heterocycles. The highest BCUT2D eigenvalue weighted by atomic mass is 16.5. The molecule has 0 saturated carbocycles. The highest BCUT2D eigenvalue weighted by molar-refractivity contribution is 5.89. The van der Waals surface area contributed by atoms with Gasteiger partial charge in [-0.2, -0.15) is 0 Å². The zero-order valence-corrected chi connectivity index (χ0v) is 10.1. The third-order valence-corrected chi connectivity index (χ3v) is 3.33. The Morgan fingerprint density at radius 2 is 2.29 bits per heavy atom. The SMILES string of the molecule is CC1(C(=O)Cc2cccc(O)c2)CCCCO1. The first-order chi connectivity index (χ1) is 8.10. The number of hydrogen-bond donors (Lipinski definition) is 1. The summed E-state index contributed by atoms with van der Waals surface area (Å²) in [5.41, 5.74) is 0.203. The first-order valence-corrected chi connectivity index (χ1v) is 6.05. The molecule has 0 aliphatic carbocycles. The van der Waals surface area contributed by atoms with Gasteiger partial charge < -0.3 is 9.84 Å². The second kappa shape index (κ2) is 4.88. The van der Waals surface area contributed by atoms with E-state index in [-0.39, 0.29) is 11.5 Å². The molecule has 0 spiro atoms. The van der Waals surface area contributed by atoms with Crippen LogP contribution in [0.4, 0.5) is 0 Å². The minimum atomic E-state index is -0.635. The summed E-state index contributed by atoms with van der Waals surface area (Å²) in [4.78, 5) is 12.2. The Labute approximate surface area is 101 Å². The number of ketones is 1. The maximum Gasteiger partial charge on any atom is 0.168 e. The van der Waals surface area contributed by atoms with E-state index in [4.69, 9.17) is 4.74 Å². The van der Waals surface area contributed by atoms with Crippen LogP contribution in [0.3, 0.4) is 0 Å². The van der Waals surface area contributed by atoms with Crippen LogP contribution in [0.5, 0.6) is 5.75 Å². The van der Waals surface area contributed by atoms with Crippen LogP contribution >= 0.6 is 0 Å². The van der Waals surface area contributed by atoms with Crippen molar-refractivity contribution >= 4 is 5.78 Å². The molecule has 1 aliphatic heterocycles. The van der Waals surface area contributed by atoms with Crippen molar-refractivity contribution in [1.29, 1.82) is 0 Å². The van der Waals surface area contributed by atoms with Crippen molar-refractivity contribution in [2.75, 3.05) is 6.61 Å². The van der Waals surface area contributed by atoms with Gasteiger partial charge in [-0.15, -0.1) is 0 Å². The lowest BCUT2D eigenvalue weighted by molar-refractivity contribution is -0.147. The second-order valence-electron chi connectivity index (χ2n) is 4.81. The number of aromatic hydroxyl groups is 1. The first-order valence-electron chi connectivity index (χ1n) is 6.05. The quantitative estimate of drug-likeness (QED) is 0.873. The van der Waals surface area contributed by atoms with Crippen LogP contribution in [0.2, 0.25) is 0 Å². The molecule has 1 atom stereocenters. The van der Waals surface area contributed by atoms with Crippen molar-refractivity contribution in [2.24, 2.45) is 0 Å². The third kappa shape index (κ3) is 2.86. The zero-order valence-electron chi connectivity index (χ0n) is 10.1. The van der Waals surface area contributed by atoms with E-state index in [0.717, 1.165) is 24.8 Å². The van der Waals surface area contributed by atoms with Gasteiger partial charge in [-0.3, -0.25) is 4.79 Å². The van der Waals surface area contributed by atoms with E-state index in [1.807, 2.05) is 13.0 Å². The van der Waals surface area contributed by atoms with Crippen molar-refractivity contribution < 1.29 is 14.6 Å². The number of hydrogen-bond acceptors (Lipinski definition) is 3. The predicted octanol–water partition coefficient (Wildman–Crippen LogP) is 2.46. The summed E-state index contributed by atoms with van der Waals surface area (Å²) in [5.74, 6) is 0.299. The molecule has 0 amide bonds. The van der Waals surface area contributed by atoms with E-state index in [0.29, 0.717) is 13.0 Å². The van der Waals surface area contributed by atoms with Crippen LogP contribution in [0, 0.1) is 0 Å². The van der Waals surface area contributed by atoms with Crippen LogP contribution < -0.4 is 0 Å². The summed E-state index contributed by atoms with van der Waals surface area (Å²) < 4.78 is 5.62. The summed E-state index contributed by atoms with van der Waals surface area (Å²) >= 11 is 0. The van der Waals surface area contributed by atoms with Crippen LogP contribution in [0.15, 0.2) is 24.3 Å². The van der Waals surface area contributed by atoms with E-state index in [2.05, 4.69) is 0 Å². The normalized spacial score (nSPS) is 24.5. The van der Waals surface area contributed by atoms with Gasteiger partial charge in [0.1, 0.15) is 11.4 Å². The lowest BCUT2D eigenvalue weighted by atomic mass is 9.88. The van der Waals surface area contributed by atoms with Crippen molar-refractivity contribution in [3.05, 3.63) is 29.8 Å². The fraction of sp³-hybridized carbons (Fsp3) is 0.500. The van der Waals surface area contributed by atoms with Crippen LogP contribution in [-0.4, -0.2) is 23.1 Å². The Kier molecular flexibility index (Phi) is 3.48. The summed E-state index contributed by atoms with van der Waals surface area (Å²) in [6.07, 6.45) is 3.20. The Balaban J connectivity index is 2.05. The Morgan fingerprint density at radius 1 is 1.47 bits per heavy atom. The number of rotatable bonds is 3. The molecule has 1 aromatic rings. The van der Waals surface area contributed by atoms with Gasteiger partial charge in [-0.1, -0.05) is 12.1 Å². The molecule has 0 radical (unpaired) electrons. The van der Waals surface area contributed by atoms with Gasteiger partial charge in [0.25, 0.3) is 0 Å². The van der Waals surface area contributed by atoms with Gasteiger partial charge in [0.05, 0.1) is 0 Å². The molecule has 0 bridgehead atoms. The molecule has 92 valence electrons. The van der Waals surface area contributed by atoms with E-state index in [1.165, 1.54) is 0 Å². The maximum absolute atomic E-state index is 12.2. The Hall–Kier alpha value is -1.35. The molecule has 2 rings (SSSR count). The number of phenols is 1. The Bertz CT molecular complexity index is 406. The van der Waals surface area contributed by atoms with E-state index >= 15 is 0 Å². The smallest absolute Gasteiger partial charge is 0.168 e. The molecule has 1 fully saturated rings. The fourth-order valence-electron chi connectivity index (χ4n) is 2.19. The van der Waals surface area contributed by atoms with E-state index in [9.17, 15) is 9.90 Å². The summed E-state index contributed by atoms with van der Waals surface area (Å²) in [5, 5.41) is 9.36. The number of Topliss-reactive ketones (excluding diaryl/α,β-unsaturated/α-hetero) is 1. The summed E-state index contributed by atoms with van der Waals surface area (Å²) in [7, 11) is 0. The third-order valence-electron chi connectivity index (χ3n) is 3.33. The average molecular weight is 234 g/mol. The fourth-order valence-corrected chi connectivity index (χ4v) is 2.19. The van der Waals surface area contributed by atoms with Gasteiger partial charge in [-0.05, 0) is 43.9 Å². The lowest BCUT2D eigenvalue weighted by Crippen LogP contribution is -2.42. The molecular formula is C14H18O3. The average Bonchev–Trinajstić information content (AvgIpc) is 2.30. The highest BCUT2D eigenvalue weighted by Gasteiger charge is 2.35. The van der Waals surface area contributed by atoms with E-state index < -0.39 is 5.60 Å². The van der Waals surface area contributed by atoms with Crippen molar-refractivity contribution in [2.45, 2.75) is 38.2 Å². The molecule has 3 heteroatoms. The minimum absolute atomic E-state index is 0.0998. The standard InChI is InChI=1S/C14H18O3/c1-14(7-2-3-8-17-14)13(16)10-11-5-4-6-12(15)9-11/h4-6,9,15H,2-3,7-8,10H2,1H3. The van der Waals surface area contributed by atoms with Gasteiger partial charge in [0.15, 0.2) is 5.78 Å².